The van der Waals surface area contributed by atoms with Gasteiger partial charge in [-0.05, 0) is 11.1 Å². The topological polar surface area (TPSA) is 108 Å². The first-order valence-electron chi connectivity index (χ1n) is 10.3. The predicted octanol–water partition coefficient (Wildman–Crippen LogP) is -0.151. The van der Waals surface area contributed by atoms with E-state index in [0.717, 1.165) is 5.56 Å². The number of methoxy groups -OCH3 is 1. The van der Waals surface area contributed by atoms with E-state index in [9.17, 15) is 18.0 Å². The van der Waals surface area contributed by atoms with Gasteiger partial charge in [-0.2, -0.15) is 4.31 Å². The lowest BCUT2D eigenvalue weighted by molar-refractivity contribution is -0.135. The lowest BCUT2D eigenvalue weighted by atomic mass is 10.1. The van der Waals surface area contributed by atoms with E-state index in [1.54, 1.807) is 30.2 Å². The molecule has 3 rings (SSSR count). The summed E-state index contributed by atoms with van der Waals surface area (Å²) in [6, 6.07) is 6.82. The number of piperazine rings is 1. The summed E-state index contributed by atoms with van der Waals surface area (Å²) in [5.41, 5.74) is 1.38. The molecule has 10 nitrogen and oxygen atoms in total. The van der Waals surface area contributed by atoms with Crippen LogP contribution < -0.4 is 5.32 Å². The molecule has 0 aliphatic carbocycles. The fourth-order valence-corrected chi connectivity index (χ4v) is 5.15. The van der Waals surface area contributed by atoms with Gasteiger partial charge in [0.25, 0.3) is 0 Å². The van der Waals surface area contributed by atoms with Crippen LogP contribution in [-0.2, 0) is 36.6 Å². The molecule has 0 bridgehead atoms. The van der Waals surface area contributed by atoms with Crippen molar-refractivity contribution in [1.29, 1.82) is 0 Å². The number of rotatable bonds is 8. The van der Waals surface area contributed by atoms with Crippen molar-refractivity contribution in [1.82, 2.24) is 19.4 Å². The van der Waals surface area contributed by atoms with E-state index in [1.165, 1.54) is 9.21 Å². The Morgan fingerprint density at radius 1 is 1.13 bits per heavy atom. The summed E-state index contributed by atoms with van der Waals surface area (Å²) in [4.78, 5) is 27.9. The molecule has 0 aromatic heterocycles. The summed E-state index contributed by atoms with van der Waals surface area (Å²) in [5, 5.41) is 2.82. The quantitative estimate of drug-likeness (QED) is 0.585. The number of ether oxygens (including phenoxy) is 2. The number of hydrogen-bond donors (Lipinski definition) is 1. The van der Waals surface area contributed by atoms with Crippen molar-refractivity contribution in [3.05, 3.63) is 35.4 Å². The Hall–Kier alpha value is -2.21. The number of amides is 3. The van der Waals surface area contributed by atoms with Crippen molar-refractivity contribution >= 4 is 22.0 Å². The summed E-state index contributed by atoms with van der Waals surface area (Å²) in [5.74, 6) is -0.245. The lowest BCUT2D eigenvalue weighted by Gasteiger charge is -2.34. The van der Waals surface area contributed by atoms with Gasteiger partial charge in [0.1, 0.15) is 6.54 Å². The summed E-state index contributed by atoms with van der Waals surface area (Å²) in [7, 11) is -1.89. The molecule has 1 N–H and O–H groups in total. The third-order valence-corrected chi connectivity index (χ3v) is 7.25. The van der Waals surface area contributed by atoms with Crippen LogP contribution >= 0.6 is 0 Å². The number of urea groups is 1. The number of morpholine rings is 1. The average Bonchev–Trinajstić information content (AvgIpc) is 2.78. The maximum atomic E-state index is 12.8. The molecule has 0 spiro atoms. The first-order valence-corrected chi connectivity index (χ1v) is 11.9. The maximum Gasteiger partial charge on any atom is 0.318 e. The SMILES string of the molecule is COCCN1CCN(C(=O)NCc2ccccc2CS(=O)(=O)N2CCOCC2)CC1=O. The van der Waals surface area contributed by atoms with Crippen LogP contribution in [0.25, 0.3) is 0 Å². The monoisotopic (exact) mass is 454 g/mol. The molecule has 31 heavy (non-hydrogen) atoms. The van der Waals surface area contributed by atoms with Gasteiger partial charge in [-0.25, -0.2) is 13.2 Å². The van der Waals surface area contributed by atoms with Crippen LogP contribution in [0.3, 0.4) is 0 Å². The standard InChI is InChI=1S/C20H30N4O6S/c1-29-11-8-22-6-7-23(15-19(22)25)20(26)21-14-17-4-2-3-5-18(17)16-31(27,28)24-9-12-30-13-10-24/h2-5H,6-16H2,1H3,(H,21,26). The molecule has 0 radical (unpaired) electrons. The Kier molecular flexibility index (Phi) is 8.24. The minimum absolute atomic E-state index is 0.0165. The Morgan fingerprint density at radius 3 is 2.52 bits per heavy atom. The van der Waals surface area contributed by atoms with Gasteiger partial charge < -0.3 is 24.6 Å². The second-order valence-electron chi connectivity index (χ2n) is 7.49. The highest BCUT2D eigenvalue weighted by Gasteiger charge is 2.28. The van der Waals surface area contributed by atoms with E-state index in [0.29, 0.717) is 58.1 Å². The Morgan fingerprint density at radius 2 is 1.84 bits per heavy atom. The summed E-state index contributed by atoms with van der Waals surface area (Å²) in [6.45, 7) is 3.57. The van der Waals surface area contributed by atoms with Crippen molar-refractivity contribution in [3.63, 3.8) is 0 Å². The van der Waals surface area contributed by atoms with Crippen molar-refractivity contribution in [2.24, 2.45) is 0 Å². The predicted molar refractivity (Wildman–Crippen MR) is 114 cm³/mol. The van der Waals surface area contributed by atoms with E-state index in [2.05, 4.69) is 5.32 Å². The number of carbonyl (C=O) groups is 2. The Balaban J connectivity index is 1.56. The van der Waals surface area contributed by atoms with Gasteiger partial charge in [-0.1, -0.05) is 24.3 Å². The van der Waals surface area contributed by atoms with Gasteiger partial charge in [-0.3, -0.25) is 4.79 Å². The highest BCUT2D eigenvalue weighted by molar-refractivity contribution is 7.88. The second kappa shape index (κ2) is 10.9. The van der Waals surface area contributed by atoms with Gasteiger partial charge >= 0.3 is 6.03 Å². The first kappa shape index (κ1) is 23.5. The third-order valence-electron chi connectivity index (χ3n) is 5.42. The molecule has 0 unspecified atom stereocenters. The Labute approximate surface area is 183 Å². The first-order chi connectivity index (χ1) is 14.9. The van der Waals surface area contributed by atoms with Gasteiger partial charge in [0.2, 0.25) is 15.9 Å². The molecule has 1 aromatic rings. The van der Waals surface area contributed by atoms with Gasteiger partial charge in [-0.15, -0.1) is 0 Å². The molecule has 0 saturated carbocycles. The normalized spacial score (nSPS) is 18.3. The number of carbonyl (C=O) groups excluding carboxylic acids is 2. The molecular weight excluding hydrogens is 424 g/mol. The van der Waals surface area contributed by atoms with Crippen molar-refractivity contribution in [2.45, 2.75) is 12.3 Å². The average molecular weight is 455 g/mol. The van der Waals surface area contributed by atoms with E-state index >= 15 is 0 Å². The van der Waals surface area contributed by atoms with Gasteiger partial charge in [0.15, 0.2) is 0 Å². The van der Waals surface area contributed by atoms with Crippen molar-refractivity contribution < 1.29 is 27.5 Å². The second-order valence-corrected chi connectivity index (χ2v) is 9.46. The molecule has 0 atom stereocenters. The minimum atomic E-state index is -3.47. The fraction of sp³-hybridized carbons (Fsp3) is 0.600. The molecule has 2 heterocycles. The zero-order chi connectivity index (χ0) is 22.3. The molecular formula is C20H30N4O6S. The van der Waals surface area contributed by atoms with Crippen LogP contribution in [0, 0.1) is 0 Å². The molecule has 172 valence electrons. The summed E-state index contributed by atoms with van der Waals surface area (Å²) >= 11 is 0. The van der Waals surface area contributed by atoms with Crippen molar-refractivity contribution in [2.75, 3.05) is 66.2 Å². The fourth-order valence-electron chi connectivity index (χ4n) is 3.59. The van der Waals surface area contributed by atoms with Gasteiger partial charge in [0, 0.05) is 46.4 Å². The van der Waals surface area contributed by atoms with Crippen molar-refractivity contribution in [3.8, 4) is 0 Å². The third kappa shape index (κ3) is 6.39. The number of benzene rings is 1. The zero-order valence-electron chi connectivity index (χ0n) is 17.8. The van der Waals surface area contributed by atoms with Crippen LogP contribution in [0.5, 0.6) is 0 Å². The van der Waals surface area contributed by atoms with E-state index in [1.807, 2.05) is 6.07 Å². The van der Waals surface area contributed by atoms with E-state index < -0.39 is 10.0 Å². The molecule has 2 aliphatic rings. The van der Waals surface area contributed by atoms with E-state index in [-0.39, 0.29) is 30.8 Å². The smallest absolute Gasteiger partial charge is 0.318 e. The number of nitrogens with one attached hydrogen (secondary N) is 1. The molecule has 2 aliphatic heterocycles. The number of sulfonamides is 1. The maximum absolute atomic E-state index is 12.8. The summed E-state index contributed by atoms with van der Waals surface area (Å²) in [6.07, 6.45) is 0. The lowest BCUT2D eigenvalue weighted by Crippen LogP contribution is -2.55. The Bertz CT molecular complexity index is 872. The molecule has 2 saturated heterocycles. The van der Waals surface area contributed by atoms with Crippen LogP contribution in [0.1, 0.15) is 11.1 Å². The molecule has 11 heteroatoms. The molecule has 3 amide bonds. The minimum Gasteiger partial charge on any atom is -0.383 e. The highest BCUT2D eigenvalue weighted by Crippen LogP contribution is 2.17. The number of hydrogen-bond acceptors (Lipinski definition) is 6. The largest absolute Gasteiger partial charge is 0.383 e. The molecule has 1 aromatic carbocycles. The van der Waals surface area contributed by atoms with E-state index in [4.69, 9.17) is 9.47 Å². The highest BCUT2D eigenvalue weighted by atomic mass is 32.2. The van der Waals surface area contributed by atoms with Gasteiger partial charge in [0.05, 0.1) is 25.6 Å². The van der Waals surface area contributed by atoms with Crippen LogP contribution in [0.2, 0.25) is 0 Å². The molecule has 2 fully saturated rings. The summed E-state index contributed by atoms with van der Waals surface area (Å²) < 4.78 is 37.2. The van der Waals surface area contributed by atoms with Crippen LogP contribution in [-0.4, -0.2) is 101 Å². The zero-order valence-corrected chi connectivity index (χ0v) is 18.6. The van der Waals surface area contributed by atoms with Crippen LogP contribution in [0.4, 0.5) is 4.79 Å². The van der Waals surface area contributed by atoms with Crippen LogP contribution in [0.15, 0.2) is 24.3 Å². The number of nitrogens with zero attached hydrogens (tertiary/aromatic N) is 3.